The molecule has 2 aliphatic rings. The van der Waals surface area contributed by atoms with Crippen LogP contribution in [0.25, 0.3) is 10.9 Å². The zero-order valence-electron chi connectivity index (χ0n) is 19.2. The van der Waals surface area contributed by atoms with Gasteiger partial charge in [-0.25, -0.2) is 0 Å². The number of amides is 3. The maximum Gasteiger partial charge on any atom is 0.522 e. The van der Waals surface area contributed by atoms with E-state index < -0.39 is 55.2 Å². The Kier molecular flexibility index (Phi) is 7.07. The fourth-order valence-corrected chi connectivity index (χ4v) is 4.69. The highest BCUT2D eigenvalue weighted by molar-refractivity contribution is 6.01. The van der Waals surface area contributed by atoms with E-state index in [0.717, 1.165) is 4.90 Å². The number of nitriles is 1. The zero-order chi connectivity index (χ0) is 26.0. The molecule has 3 heterocycles. The fraction of sp³-hybridized carbons (Fsp3) is 0.478. The van der Waals surface area contributed by atoms with Gasteiger partial charge in [-0.1, -0.05) is 6.07 Å². The third kappa shape index (κ3) is 5.38. The number of likely N-dealkylation sites (tertiary alicyclic amines) is 1. The summed E-state index contributed by atoms with van der Waals surface area (Å²) in [5.74, 6) is -1.70. The van der Waals surface area contributed by atoms with Gasteiger partial charge in [-0.3, -0.25) is 19.1 Å². The highest BCUT2D eigenvalue weighted by Gasteiger charge is 2.45. The second-order valence-electron chi connectivity index (χ2n) is 8.70. The summed E-state index contributed by atoms with van der Waals surface area (Å²) in [6.07, 6.45) is -6.28. The Bertz CT molecular complexity index is 1210. The Morgan fingerprint density at radius 3 is 2.78 bits per heavy atom. The quantitative estimate of drug-likeness (QED) is 0.523. The van der Waals surface area contributed by atoms with E-state index >= 15 is 0 Å². The van der Waals surface area contributed by atoms with Gasteiger partial charge in [-0.2, -0.15) is 5.26 Å². The number of H-pyrrole nitrogens is 1. The van der Waals surface area contributed by atoms with Crippen molar-refractivity contribution in [3.05, 3.63) is 30.0 Å². The minimum absolute atomic E-state index is 0.0546. The number of aromatic amines is 1. The molecule has 2 saturated heterocycles. The molecular formula is C23H24F3N5O5. The molecule has 0 spiro atoms. The second kappa shape index (κ2) is 10.1. The van der Waals surface area contributed by atoms with E-state index in [2.05, 4.69) is 20.4 Å². The van der Waals surface area contributed by atoms with Crippen LogP contribution in [0.2, 0.25) is 0 Å². The van der Waals surface area contributed by atoms with Crippen molar-refractivity contribution in [1.82, 2.24) is 20.5 Å². The smallest absolute Gasteiger partial charge is 0.496 e. The van der Waals surface area contributed by atoms with Crippen LogP contribution in [0, 0.1) is 17.2 Å². The third-order valence-electron chi connectivity index (χ3n) is 6.36. The van der Waals surface area contributed by atoms with Crippen LogP contribution in [0.1, 0.15) is 29.8 Å². The van der Waals surface area contributed by atoms with Crippen LogP contribution < -0.4 is 15.4 Å². The molecule has 0 aliphatic carbocycles. The summed E-state index contributed by atoms with van der Waals surface area (Å²) in [6, 6.07) is 6.15. The molecule has 4 atom stereocenters. The number of halogens is 3. The maximum absolute atomic E-state index is 13.3. The van der Waals surface area contributed by atoms with E-state index in [0.29, 0.717) is 29.6 Å². The van der Waals surface area contributed by atoms with Crippen molar-refractivity contribution in [3.63, 3.8) is 0 Å². The Morgan fingerprint density at radius 2 is 2.14 bits per heavy atom. The Labute approximate surface area is 203 Å². The van der Waals surface area contributed by atoms with Gasteiger partial charge in [0.15, 0.2) is 0 Å². The molecule has 13 heteroatoms. The van der Waals surface area contributed by atoms with Crippen molar-refractivity contribution in [2.24, 2.45) is 5.92 Å². The fourth-order valence-electron chi connectivity index (χ4n) is 4.69. The lowest BCUT2D eigenvalue weighted by molar-refractivity contribution is -0.340. The van der Waals surface area contributed by atoms with Crippen molar-refractivity contribution in [1.29, 1.82) is 5.26 Å². The summed E-state index contributed by atoms with van der Waals surface area (Å²) in [5, 5.41) is 15.2. The average molecular weight is 507 g/mol. The van der Waals surface area contributed by atoms with E-state index in [-0.39, 0.29) is 18.0 Å². The number of carbonyl (C=O) groups excluding carboxylic acids is 3. The van der Waals surface area contributed by atoms with Crippen molar-refractivity contribution in [2.45, 2.75) is 43.8 Å². The van der Waals surface area contributed by atoms with Crippen LogP contribution in [0.4, 0.5) is 13.2 Å². The number of nitrogens with one attached hydrogen (secondary N) is 3. The van der Waals surface area contributed by atoms with Crippen LogP contribution in [0.15, 0.2) is 24.3 Å². The first-order valence-electron chi connectivity index (χ1n) is 11.3. The lowest BCUT2D eigenvalue weighted by atomic mass is 9.99. The largest absolute Gasteiger partial charge is 0.522 e. The first-order valence-corrected chi connectivity index (χ1v) is 11.3. The number of carbonyl (C=O) groups is 3. The summed E-state index contributed by atoms with van der Waals surface area (Å²) in [7, 11) is 1.46. The summed E-state index contributed by atoms with van der Waals surface area (Å²) in [6.45, 7) is -0.0164. The number of ether oxygens (including phenoxy) is 2. The van der Waals surface area contributed by atoms with Crippen LogP contribution in [0.5, 0.6) is 5.75 Å². The predicted octanol–water partition coefficient (Wildman–Crippen LogP) is 1.83. The number of rotatable bonds is 7. The van der Waals surface area contributed by atoms with Gasteiger partial charge >= 0.3 is 6.36 Å². The van der Waals surface area contributed by atoms with Crippen LogP contribution >= 0.6 is 0 Å². The predicted molar refractivity (Wildman–Crippen MR) is 118 cm³/mol. The molecule has 0 bridgehead atoms. The molecule has 4 rings (SSSR count). The van der Waals surface area contributed by atoms with Crippen molar-refractivity contribution < 1.29 is 37.0 Å². The molecule has 2 fully saturated rings. The molecular weight excluding hydrogens is 483 g/mol. The van der Waals surface area contributed by atoms with E-state index in [1.165, 1.54) is 13.2 Å². The lowest BCUT2D eigenvalue weighted by Crippen LogP contribution is -2.49. The number of hydrogen-bond donors (Lipinski definition) is 3. The SMILES string of the molecule is COc1cccc2[nH]c(C(=O)N3CC(OC(F)(F)F)CC3C(=O)N[C@H](C#N)C[C@@H]3CCNC3=O)cc12. The number of benzene rings is 1. The van der Waals surface area contributed by atoms with E-state index in [1.807, 2.05) is 6.07 Å². The van der Waals surface area contributed by atoms with Gasteiger partial charge in [0, 0.05) is 36.3 Å². The van der Waals surface area contributed by atoms with Crippen molar-refractivity contribution in [2.75, 3.05) is 20.2 Å². The molecule has 36 heavy (non-hydrogen) atoms. The van der Waals surface area contributed by atoms with Crippen molar-refractivity contribution in [3.8, 4) is 11.8 Å². The van der Waals surface area contributed by atoms with Crippen LogP contribution in [0.3, 0.4) is 0 Å². The van der Waals surface area contributed by atoms with Gasteiger partial charge in [-0.05, 0) is 31.0 Å². The number of nitrogens with zero attached hydrogens (tertiary/aromatic N) is 2. The molecule has 2 aliphatic heterocycles. The van der Waals surface area contributed by atoms with Gasteiger partial charge in [-0.15, -0.1) is 13.2 Å². The lowest BCUT2D eigenvalue weighted by Gasteiger charge is -2.24. The minimum atomic E-state index is -4.95. The normalized spacial score (nSPS) is 22.8. The zero-order valence-corrected chi connectivity index (χ0v) is 19.2. The number of alkyl halides is 3. The molecule has 2 unspecified atom stereocenters. The highest BCUT2D eigenvalue weighted by atomic mass is 19.4. The molecule has 192 valence electrons. The first-order chi connectivity index (χ1) is 17.1. The molecule has 10 nitrogen and oxygen atoms in total. The Balaban J connectivity index is 1.55. The second-order valence-corrected chi connectivity index (χ2v) is 8.70. The van der Waals surface area contributed by atoms with E-state index in [1.54, 1.807) is 18.2 Å². The van der Waals surface area contributed by atoms with Gasteiger partial charge in [0.1, 0.15) is 23.5 Å². The molecule has 1 aromatic carbocycles. The molecule has 3 N–H and O–H groups in total. The average Bonchev–Trinajstić information content (AvgIpc) is 3.55. The van der Waals surface area contributed by atoms with Crippen molar-refractivity contribution >= 4 is 28.6 Å². The van der Waals surface area contributed by atoms with Gasteiger partial charge < -0.3 is 25.3 Å². The first kappa shape index (κ1) is 25.3. The van der Waals surface area contributed by atoms with Gasteiger partial charge in [0.05, 0.1) is 19.3 Å². The molecule has 0 radical (unpaired) electrons. The molecule has 0 saturated carbocycles. The van der Waals surface area contributed by atoms with Crippen LogP contribution in [-0.4, -0.2) is 72.4 Å². The summed E-state index contributed by atoms with van der Waals surface area (Å²) < 4.78 is 48.1. The number of methoxy groups -OCH3 is 1. The summed E-state index contributed by atoms with van der Waals surface area (Å²) in [4.78, 5) is 42.2. The topological polar surface area (TPSA) is 137 Å². The summed E-state index contributed by atoms with van der Waals surface area (Å²) in [5.41, 5.74) is 0.625. The third-order valence-corrected chi connectivity index (χ3v) is 6.36. The Hall–Kier alpha value is -3.79. The minimum Gasteiger partial charge on any atom is -0.496 e. The number of hydrogen-bond acceptors (Lipinski definition) is 6. The molecule has 1 aromatic heterocycles. The highest BCUT2D eigenvalue weighted by Crippen LogP contribution is 2.31. The number of fused-ring (bicyclic) bond motifs is 1. The van der Waals surface area contributed by atoms with Gasteiger partial charge in [0.2, 0.25) is 11.8 Å². The van der Waals surface area contributed by atoms with E-state index in [9.17, 15) is 32.8 Å². The van der Waals surface area contributed by atoms with E-state index in [4.69, 9.17) is 4.74 Å². The monoisotopic (exact) mass is 507 g/mol. The standard InChI is InChI=1S/C23H24F3N5O5/c1-35-19-4-2-3-16-15(19)9-17(30-16)22(34)31-11-14(36-23(24,25)26)8-18(31)21(33)29-13(10-27)7-12-5-6-28-20(12)32/h2-4,9,12-14,18,30H,5-8,11H2,1H3,(H,28,32)(H,29,33)/t12-,13-,14?,18?/m0/s1. The maximum atomic E-state index is 13.3. The van der Waals surface area contributed by atoms with Gasteiger partial charge in [0.25, 0.3) is 5.91 Å². The Morgan fingerprint density at radius 1 is 1.36 bits per heavy atom. The summed E-state index contributed by atoms with van der Waals surface area (Å²) >= 11 is 0. The number of aromatic nitrogens is 1. The molecule has 3 amide bonds. The molecule has 2 aromatic rings. The van der Waals surface area contributed by atoms with Crippen LogP contribution in [-0.2, 0) is 14.3 Å².